The van der Waals surface area contributed by atoms with E-state index in [9.17, 15) is 0 Å². The van der Waals surface area contributed by atoms with E-state index in [4.69, 9.17) is 5.11 Å². The number of hydrogen-bond acceptors (Lipinski definition) is 1. The second-order valence-electron chi connectivity index (χ2n) is 4.72. The third-order valence-electron chi connectivity index (χ3n) is 3.59. The lowest BCUT2D eigenvalue weighted by Crippen LogP contribution is -2.03. The maximum absolute atomic E-state index is 9.04. The molecule has 0 saturated heterocycles. The van der Waals surface area contributed by atoms with Crippen LogP contribution in [0.3, 0.4) is 0 Å². The SMILES string of the molecule is C[C@@]1(CCc2ccccc2)C[C@@H]1CO. The van der Waals surface area contributed by atoms with Crippen LogP contribution in [0.5, 0.6) is 0 Å². The van der Waals surface area contributed by atoms with Crippen molar-refractivity contribution in [3.63, 3.8) is 0 Å². The summed E-state index contributed by atoms with van der Waals surface area (Å²) < 4.78 is 0. The van der Waals surface area contributed by atoms with E-state index in [1.54, 1.807) is 0 Å². The number of aliphatic hydroxyl groups excluding tert-OH is 1. The number of benzene rings is 1. The Morgan fingerprint density at radius 3 is 2.64 bits per heavy atom. The van der Waals surface area contributed by atoms with E-state index >= 15 is 0 Å². The number of hydrogen-bond donors (Lipinski definition) is 1. The minimum Gasteiger partial charge on any atom is -0.396 e. The van der Waals surface area contributed by atoms with E-state index < -0.39 is 0 Å². The molecule has 2 atom stereocenters. The Balaban J connectivity index is 1.84. The van der Waals surface area contributed by atoms with Gasteiger partial charge in [-0.2, -0.15) is 0 Å². The van der Waals surface area contributed by atoms with Crippen molar-refractivity contribution in [3.05, 3.63) is 35.9 Å². The molecule has 1 N–H and O–H groups in total. The van der Waals surface area contributed by atoms with Gasteiger partial charge in [0.15, 0.2) is 0 Å². The molecule has 14 heavy (non-hydrogen) atoms. The van der Waals surface area contributed by atoms with Crippen molar-refractivity contribution in [1.29, 1.82) is 0 Å². The van der Waals surface area contributed by atoms with Crippen LogP contribution in [0.25, 0.3) is 0 Å². The van der Waals surface area contributed by atoms with Crippen molar-refractivity contribution in [3.8, 4) is 0 Å². The minimum absolute atomic E-state index is 0.366. The fraction of sp³-hybridized carbons (Fsp3) is 0.538. The quantitative estimate of drug-likeness (QED) is 0.774. The fourth-order valence-electron chi connectivity index (χ4n) is 2.17. The Hall–Kier alpha value is -0.820. The van der Waals surface area contributed by atoms with E-state index in [1.165, 1.54) is 18.4 Å². The number of rotatable bonds is 4. The van der Waals surface area contributed by atoms with Crippen LogP contribution in [0.4, 0.5) is 0 Å². The molecule has 0 aliphatic heterocycles. The molecule has 1 saturated carbocycles. The van der Waals surface area contributed by atoms with Gasteiger partial charge in [0.25, 0.3) is 0 Å². The molecule has 2 rings (SSSR count). The smallest absolute Gasteiger partial charge is 0.0464 e. The summed E-state index contributed by atoms with van der Waals surface area (Å²) in [5.74, 6) is 0.561. The molecule has 1 aliphatic carbocycles. The van der Waals surface area contributed by atoms with E-state index in [-0.39, 0.29) is 0 Å². The monoisotopic (exact) mass is 190 g/mol. The Kier molecular flexibility index (Phi) is 2.60. The van der Waals surface area contributed by atoms with Crippen molar-refractivity contribution < 1.29 is 5.11 Å². The first-order valence-electron chi connectivity index (χ1n) is 5.39. The van der Waals surface area contributed by atoms with Crippen LogP contribution in [-0.4, -0.2) is 11.7 Å². The second-order valence-corrected chi connectivity index (χ2v) is 4.72. The van der Waals surface area contributed by atoms with Crippen LogP contribution >= 0.6 is 0 Å². The van der Waals surface area contributed by atoms with Gasteiger partial charge in [0, 0.05) is 6.61 Å². The third kappa shape index (κ3) is 1.98. The van der Waals surface area contributed by atoms with Gasteiger partial charge in [0.05, 0.1) is 0 Å². The maximum atomic E-state index is 9.04. The summed E-state index contributed by atoms with van der Waals surface area (Å²) >= 11 is 0. The summed E-state index contributed by atoms with van der Waals surface area (Å²) in [6, 6.07) is 10.6. The molecule has 0 unspecified atom stereocenters. The summed E-state index contributed by atoms with van der Waals surface area (Å²) in [6.07, 6.45) is 3.56. The van der Waals surface area contributed by atoms with Crippen molar-refractivity contribution in [1.82, 2.24) is 0 Å². The maximum Gasteiger partial charge on any atom is 0.0464 e. The first-order valence-corrected chi connectivity index (χ1v) is 5.39. The average Bonchev–Trinajstić information content (AvgIpc) is 2.89. The topological polar surface area (TPSA) is 20.2 Å². The second kappa shape index (κ2) is 3.74. The molecule has 1 nitrogen and oxygen atoms in total. The predicted octanol–water partition coefficient (Wildman–Crippen LogP) is 2.64. The average molecular weight is 190 g/mol. The lowest BCUT2D eigenvalue weighted by atomic mass is 9.96. The molecule has 0 radical (unpaired) electrons. The van der Waals surface area contributed by atoms with Crippen LogP contribution in [0, 0.1) is 11.3 Å². The lowest BCUT2D eigenvalue weighted by molar-refractivity contribution is 0.250. The van der Waals surface area contributed by atoms with Crippen LogP contribution < -0.4 is 0 Å². The molecule has 1 aromatic rings. The Labute approximate surface area is 85.8 Å². The Morgan fingerprint density at radius 1 is 1.36 bits per heavy atom. The standard InChI is InChI=1S/C13H18O/c1-13(9-12(13)10-14)8-7-11-5-3-2-4-6-11/h2-6,12,14H,7-10H2,1H3/t12-,13-/m1/s1. The summed E-state index contributed by atoms with van der Waals surface area (Å²) in [5, 5.41) is 9.04. The number of aliphatic hydroxyl groups is 1. The van der Waals surface area contributed by atoms with Crippen molar-refractivity contribution >= 4 is 0 Å². The minimum atomic E-state index is 0.366. The van der Waals surface area contributed by atoms with Gasteiger partial charge in [0.2, 0.25) is 0 Å². The molecular weight excluding hydrogens is 172 g/mol. The molecule has 1 fully saturated rings. The van der Waals surface area contributed by atoms with Crippen LogP contribution in [0.1, 0.15) is 25.3 Å². The van der Waals surface area contributed by atoms with Crippen LogP contribution in [0.15, 0.2) is 30.3 Å². The first kappa shape index (κ1) is 9.72. The summed E-state index contributed by atoms with van der Waals surface area (Å²) in [7, 11) is 0. The summed E-state index contributed by atoms with van der Waals surface area (Å²) in [6.45, 7) is 2.65. The summed E-state index contributed by atoms with van der Waals surface area (Å²) in [5.41, 5.74) is 1.84. The van der Waals surface area contributed by atoms with E-state index in [2.05, 4.69) is 37.3 Å². The molecule has 1 aromatic carbocycles. The highest BCUT2D eigenvalue weighted by molar-refractivity contribution is 5.15. The normalized spacial score (nSPS) is 30.3. The highest BCUT2D eigenvalue weighted by Gasteiger charge is 2.48. The van der Waals surface area contributed by atoms with Crippen molar-refractivity contribution in [2.24, 2.45) is 11.3 Å². The predicted molar refractivity (Wildman–Crippen MR) is 58.1 cm³/mol. The van der Waals surface area contributed by atoms with Gasteiger partial charge in [-0.05, 0) is 36.2 Å². The van der Waals surface area contributed by atoms with E-state index in [1.807, 2.05) is 0 Å². The zero-order valence-electron chi connectivity index (χ0n) is 8.74. The molecular formula is C13H18O. The lowest BCUT2D eigenvalue weighted by Gasteiger charge is -2.09. The highest BCUT2D eigenvalue weighted by Crippen LogP contribution is 2.54. The molecule has 1 aliphatic rings. The molecule has 1 heteroatoms. The molecule has 0 heterocycles. The van der Waals surface area contributed by atoms with Gasteiger partial charge in [-0.25, -0.2) is 0 Å². The zero-order valence-corrected chi connectivity index (χ0v) is 8.74. The zero-order chi connectivity index (χ0) is 10.0. The van der Waals surface area contributed by atoms with Gasteiger partial charge in [-0.3, -0.25) is 0 Å². The van der Waals surface area contributed by atoms with Gasteiger partial charge in [0.1, 0.15) is 0 Å². The van der Waals surface area contributed by atoms with Crippen molar-refractivity contribution in [2.75, 3.05) is 6.61 Å². The van der Waals surface area contributed by atoms with Gasteiger partial charge >= 0.3 is 0 Å². The van der Waals surface area contributed by atoms with Gasteiger partial charge in [-0.15, -0.1) is 0 Å². The fourth-order valence-corrected chi connectivity index (χ4v) is 2.17. The van der Waals surface area contributed by atoms with E-state index in [0.717, 1.165) is 6.42 Å². The largest absolute Gasteiger partial charge is 0.396 e. The third-order valence-corrected chi connectivity index (χ3v) is 3.59. The van der Waals surface area contributed by atoms with E-state index in [0.29, 0.717) is 17.9 Å². The Morgan fingerprint density at radius 2 is 2.07 bits per heavy atom. The first-order chi connectivity index (χ1) is 6.74. The highest BCUT2D eigenvalue weighted by atomic mass is 16.3. The van der Waals surface area contributed by atoms with Gasteiger partial charge < -0.3 is 5.11 Å². The van der Waals surface area contributed by atoms with Gasteiger partial charge in [-0.1, -0.05) is 37.3 Å². The van der Waals surface area contributed by atoms with Crippen LogP contribution in [-0.2, 0) is 6.42 Å². The number of aryl methyl sites for hydroxylation is 1. The molecule has 76 valence electrons. The molecule has 0 amide bonds. The van der Waals surface area contributed by atoms with Crippen LogP contribution in [0.2, 0.25) is 0 Å². The van der Waals surface area contributed by atoms with Crippen molar-refractivity contribution in [2.45, 2.75) is 26.2 Å². The molecule has 0 spiro atoms. The summed E-state index contributed by atoms with van der Waals surface area (Å²) in [4.78, 5) is 0. The molecule has 0 bridgehead atoms. The molecule has 0 aromatic heterocycles. The Bertz CT molecular complexity index is 293.